The van der Waals surface area contributed by atoms with Crippen molar-refractivity contribution in [3.63, 3.8) is 0 Å². The molecule has 2 atom stereocenters. The Morgan fingerprint density at radius 1 is 1.12 bits per heavy atom. The van der Waals surface area contributed by atoms with Gasteiger partial charge in [-0.15, -0.1) is 0 Å². The summed E-state index contributed by atoms with van der Waals surface area (Å²) in [5.74, 6) is -1.00. The Morgan fingerprint density at radius 2 is 1.77 bits per heavy atom. The van der Waals surface area contributed by atoms with Gasteiger partial charge in [-0.25, -0.2) is 0 Å². The first-order valence-electron chi connectivity index (χ1n) is 8.25. The summed E-state index contributed by atoms with van der Waals surface area (Å²) in [4.78, 5) is 22.4. The second-order valence-electron chi connectivity index (χ2n) is 5.86. The SMILES string of the molecule is [NH3+][C@@H](CCC(=O)Nc1ccc(OC[C@@H](O)c2ccccc2)cc1)C(=O)[O-]. The standard InChI is InChI=1S/C19H22N2O5/c20-16(19(24)25)10-11-18(23)21-14-6-8-15(9-7-14)26-12-17(22)13-4-2-1-3-5-13/h1-9,16-17,22H,10-12,20H2,(H,21,23)(H,24,25)/t16-,17+/m0/s1. The van der Waals surface area contributed by atoms with Gasteiger partial charge in [0.15, 0.2) is 0 Å². The fourth-order valence-electron chi connectivity index (χ4n) is 2.23. The van der Waals surface area contributed by atoms with Gasteiger partial charge in [-0.3, -0.25) is 4.79 Å². The van der Waals surface area contributed by atoms with Crippen LogP contribution in [0.3, 0.4) is 0 Å². The van der Waals surface area contributed by atoms with Gasteiger partial charge in [-0.1, -0.05) is 30.3 Å². The predicted molar refractivity (Wildman–Crippen MR) is 92.9 cm³/mol. The fourth-order valence-corrected chi connectivity index (χ4v) is 2.23. The monoisotopic (exact) mass is 358 g/mol. The van der Waals surface area contributed by atoms with Gasteiger partial charge in [0.25, 0.3) is 0 Å². The smallest absolute Gasteiger partial charge is 0.224 e. The maximum Gasteiger partial charge on any atom is 0.224 e. The van der Waals surface area contributed by atoms with E-state index in [1.165, 1.54) is 0 Å². The highest BCUT2D eigenvalue weighted by atomic mass is 16.5. The molecule has 0 unspecified atom stereocenters. The molecule has 0 saturated heterocycles. The summed E-state index contributed by atoms with van der Waals surface area (Å²) in [5, 5.41) is 23.3. The fraction of sp³-hybridized carbons (Fsp3) is 0.263. The van der Waals surface area contributed by atoms with Gasteiger partial charge in [0.05, 0.1) is 5.97 Å². The highest BCUT2D eigenvalue weighted by Gasteiger charge is 2.11. The molecular formula is C19H22N2O5. The van der Waals surface area contributed by atoms with Gasteiger partial charge in [0, 0.05) is 18.5 Å². The van der Waals surface area contributed by atoms with Gasteiger partial charge in [-0.2, -0.15) is 0 Å². The molecule has 0 aliphatic heterocycles. The molecule has 2 aromatic carbocycles. The topological polar surface area (TPSA) is 126 Å². The maximum absolute atomic E-state index is 11.8. The molecule has 0 heterocycles. The number of hydrogen-bond donors (Lipinski definition) is 3. The number of aliphatic hydroxyl groups is 1. The number of anilines is 1. The highest BCUT2D eigenvalue weighted by molar-refractivity contribution is 5.91. The molecular weight excluding hydrogens is 336 g/mol. The molecule has 0 saturated carbocycles. The van der Waals surface area contributed by atoms with E-state index in [-0.39, 0.29) is 25.4 Å². The van der Waals surface area contributed by atoms with Crippen molar-refractivity contribution >= 4 is 17.6 Å². The lowest BCUT2D eigenvalue weighted by atomic mass is 10.1. The van der Waals surface area contributed by atoms with Gasteiger partial charge in [0.1, 0.15) is 24.5 Å². The predicted octanol–water partition coefficient (Wildman–Crippen LogP) is -0.122. The van der Waals surface area contributed by atoms with Crippen LogP contribution in [0.4, 0.5) is 5.69 Å². The summed E-state index contributed by atoms with van der Waals surface area (Å²) in [5.41, 5.74) is 4.75. The van der Waals surface area contributed by atoms with E-state index in [4.69, 9.17) is 4.74 Å². The van der Waals surface area contributed by atoms with Crippen LogP contribution in [0.5, 0.6) is 5.75 Å². The number of aliphatic hydroxyl groups excluding tert-OH is 1. The summed E-state index contributed by atoms with van der Waals surface area (Å²) >= 11 is 0. The number of nitrogens with one attached hydrogen (secondary N) is 1. The van der Waals surface area contributed by atoms with Crippen LogP contribution in [-0.2, 0) is 9.59 Å². The van der Waals surface area contributed by atoms with Crippen molar-refractivity contribution in [2.75, 3.05) is 11.9 Å². The van der Waals surface area contributed by atoms with E-state index in [9.17, 15) is 19.8 Å². The van der Waals surface area contributed by atoms with Crippen LogP contribution >= 0.6 is 0 Å². The zero-order valence-corrected chi connectivity index (χ0v) is 14.3. The van der Waals surface area contributed by atoms with Crippen molar-refractivity contribution in [1.29, 1.82) is 0 Å². The first-order chi connectivity index (χ1) is 12.5. The number of carboxylic acids is 1. The van der Waals surface area contributed by atoms with Gasteiger partial charge < -0.3 is 30.8 Å². The number of carbonyl (C=O) groups excluding carboxylic acids is 2. The van der Waals surface area contributed by atoms with E-state index in [1.54, 1.807) is 24.3 Å². The third kappa shape index (κ3) is 6.19. The molecule has 0 aromatic heterocycles. The second-order valence-corrected chi connectivity index (χ2v) is 5.86. The number of benzene rings is 2. The lowest BCUT2D eigenvalue weighted by Gasteiger charge is -2.13. The number of carboxylic acid groups (broad SMARTS) is 1. The number of quaternary nitrogens is 1. The zero-order valence-electron chi connectivity index (χ0n) is 14.3. The van der Waals surface area contributed by atoms with Crippen LogP contribution in [0.2, 0.25) is 0 Å². The second kappa shape index (κ2) is 9.55. The Balaban J connectivity index is 1.79. The minimum atomic E-state index is -1.27. The number of amides is 1. The van der Waals surface area contributed by atoms with Crippen LogP contribution in [0, 0.1) is 0 Å². The average molecular weight is 358 g/mol. The Hall–Kier alpha value is -2.90. The Bertz CT molecular complexity index is 718. The average Bonchev–Trinajstić information content (AvgIpc) is 2.65. The van der Waals surface area contributed by atoms with E-state index in [1.807, 2.05) is 30.3 Å². The summed E-state index contributed by atoms with van der Waals surface area (Å²) < 4.78 is 5.54. The zero-order chi connectivity index (χ0) is 18.9. The minimum absolute atomic E-state index is 0.0453. The molecule has 0 bridgehead atoms. The summed E-state index contributed by atoms with van der Waals surface area (Å²) in [6, 6.07) is 15.0. The number of hydrogen-bond acceptors (Lipinski definition) is 5. The number of carbonyl (C=O) groups is 2. The quantitative estimate of drug-likeness (QED) is 0.576. The third-order valence-electron chi connectivity index (χ3n) is 3.78. The first-order valence-corrected chi connectivity index (χ1v) is 8.25. The number of rotatable bonds is 9. The van der Waals surface area contributed by atoms with Gasteiger partial charge in [-0.05, 0) is 29.8 Å². The molecule has 26 heavy (non-hydrogen) atoms. The number of ether oxygens (including phenoxy) is 1. The molecule has 7 nitrogen and oxygen atoms in total. The molecule has 0 aliphatic carbocycles. The Kier molecular flexibility index (Phi) is 7.13. The molecule has 5 N–H and O–H groups in total. The van der Waals surface area contributed by atoms with Crippen molar-refractivity contribution in [1.82, 2.24) is 0 Å². The van der Waals surface area contributed by atoms with Crippen molar-refractivity contribution < 1.29 is 30.3 Å². The molecule has 0 fully saturated rings. The molecule has 0 radical (unpaired) electrons. The summed E-state index contributed by atoms with van der Waals surface area (Å²) in [6.45, 7) is 0.115. The number of aliphatic carboxylic acids is 1. The minimum Gasteiger partial charge on any atom is -0.544 e. The van der Waals surface area contributed by atoms with Crippen molar-refractivity contribution in [2.45, 2.75) is 25.0 Å². The van der Waals surface area contributed by atoms with E-state index < -0.39 is 18.1 Å². The van der Waals surface area contributed by atoms with Crippen LogP contribution < -0.4 is 20.9 Å². The third-order valence-corrected chi connectivity index (χ3v) is 3.78. The molecule has 138 valence electrons. The highest BCUT2D eigenvalue weighted by Crippen LogP contribution is 2.19. The lowest BCUT2D eigenvalue weighted by Crippen LogP contribution is -2.68. The van der Waals surface area contributed by atoms with Crippen molar-refractivity contribution in [3.8, 4) is 5.75 Å². The van der Waals surface area contributed by atoms with E-state index in [0.29, 0.717) is 11.4 Å². The van der Waals surface area contributed by atoms with Crippen LogP contribution in [0.25, 0.3) is 0 Å². The van der Waals surface area contributed by atoms with E-state index in [2.05, 4.69) is 11.1 Å². The molecule has 2 rings (SSSR count). The molecule has 1 amide bonds. The summed E-state index contributed by atoms with van der Waals surface area (Å²) in [7, 11) is 0. The molecule has 0 spiro atoms. The van der Waals surface area contributed by atoms with Crippen LogP contribution in [0.15, 0.2) is 54.6 Å². The lowest BCUT2D eigenvalue weighted by molar-refractivity contribution is -0.438. The molecule has 2 aromatic rings. The maximum atomic E-state index is 11.8. The van der Waals surface area contributed by atoms with E-state index in [0.717, 1.165) is 5.56 Å². The summed E-state index contributed by atoms with van der Waals surface area (Å²) in [6.07, 6.45) is -0.564. The Labute approximate surface area is 151 Å². The molecule has 7 heteroatoms. The van der Waals surface area contributed by atoms with E-state index >= 15 is 0 Å². The van der Waals surface area contributed by atoms with Crippen LogP contribution in [-0.4, -0.2) is 29.6 Å². The van der Waals surface area contributed by atoms with Gasteiger partial charge in [0.2, 0.25) is 5.91 Å². The van der Waals surface area contributed by atoms with Crippen molar-refractivity contribution in [2.24, 2.45) is 0 Å². The Morgan fingerprint density at radius 3 is 2.38 bits per heavy atom. The largest absolute Gasteiger partial charge is 0.544 e. The first kappa shape index (κ1) is 19.4. The van der Waals surface area contributed by atoms with Crippen LogP contribution in [0.1, 0.15) is 24.5 Å². The van der Waals surface area contributed by atoms with Gasteiger partial charge >= 0.3 is 0 Å². The normalized spacial score (nSPS) is 12.8. The van der Waals surface area contributed by atoms with Crippen molar-refractivity contribution in [3.05, 3.63) is 60.2 Å². The molecule has 0 aliphatic rings.